The highest BCUT2D eigenvalue weighted by Gasteiger charge is 1.99. The Kier molecular flexibility index (Phi) is 11.5. The van der Waals surface area contributed by atoms with Gasteiger partial charge in [-0.25, -0.2) is 0 Å². The molecule has 0 radical (unpaired) electrons. The third-order valence-corrected chi connectivity index (χ3v) is 4.04. The summed E-state index contributed by atoms with van der Waals surface area (Å²) in [5, 5.41) is 0. The third-order valence-electron chi connectivity index (χ3n) is 4.04. The molecule has 0 fully saturated rings. The summed E-state index contributed by atoms with van der Waals surface area (Å²) in [6, 6.07) is 0. The van der Waals surface area contributed by atoms with Crippen LogP contribution in [-0.2, 0) is 4.74 Å². The van der Waals surface area contributed by atoms with Crippen molar-refractivity contribution in [3.8, 4) is 0 Å². The Labute approximate surface area is 126 Å². The lowest BCUT2D eigenvalue weighted by Gasteiger charge is -2.08. The zero-order chi connectivity index (χ0) is 14.3. The molecular weight excluding hydrogens is 244 g/mol. The summed E-state index contributed by atoms with van der Waals surface area (Å²) in [4.78, 5) is 0. The average Bonchev–Trinajstić information content (AvgIpc) is 2.49. The monoisotopic (exact) mass is 278 g/mol. The zero-order valence-electron chi connectivity index (χ0n) is 13.5. The van der Waals surface area contributed by atoms with Crippen LogP contribution in [0.15, 0.2) is 24.0 Å². The molecule has 1 heteroatoms. The Morgan fingerprint density at radius 1 is 0.900 bits per heavy atom. The van der Waals surface area contributed by atoms with Gasteiger partial charge < -0.3 is 4.74 Å². The molecule has 1 nitrogen and oxygen atoms in total. The Morgan fingerprint density at radius 3 is 2.15 bits per heavy atom. The highest BCUT2D eigenvalue weighted by atomic mass is 16.5. The number of hydrogen-bond donors (Lipinski definition) is 0. The van der Waals surface area contributed by atoms with Crippen LogP contribution in [0.5, 0.6) is 0 Å². The largest absolute Gasteiger partial charge is 0.501 e. The predicted octanol–water partition coefficient (Wildman–Crippen LogP) is 6.55. The van der Waals surface area contributed by atoms with Crippen molar-refractivity contribution in [3.63, 3.8) is 0 Å². The molecule has 116 valence electrons. The molecule has 0 saturated heterocycles. The van der Waals surface area contributed by atoms with E-state index in [4.69, 9.17) is 4.74 Å². The SMILES string of the molecule is CCCCCCCCCCCCO/C=C1/CC=CCC1. The third kappa shape index (κ3) is 10.1. The first-order valence-corrected chi connectivity index (χ1v) is 8.88. The van der Waals surface area contributed by atoms with Crippen LogP contribution in [0.2, 0.25) is 0 Å². The minimum Gasteiger partial charge on any atom is -0.501 e. The van der Waals surface area contributed by atoms with E-state index in [0.717, 1.165) is 13.0 Å². The van der Waals surface area contributed by atoms with E-state index < -0.39 is 0 Å². The second kappa shape index (κ2) is 13.3. The first-order valence-electron chi connectivity index (χ1n) is 8.88. The fourth-order valence-corrected chi connectivity index (χ4v) is 2.68. The second-order valence-corrected chi connectivity index (χ2v) is 6.04. The molecule has 0 aromatic carbocycles. The molecule has 0 heterocycles. The summed E-state index contributed by atoms with van der Waals surface area (Å²) in [6.07, 6.45) is 23.9. The number of rotatable bonds is 12. The van der Waals surface area contributed by atoms with Gasteiger partial charge >= 0.3 is 0 Å². The van der Waals surface area contributed by atoms with Crippen LogP contribution in [0, 0.1) is 0 Å². The lowest BCUT2D eigenvalue weighted by molar-refractivity contribution is 0.236. The van der Waals surface area contributed by atoms with Gasteiger partial charge in [-0.2, -0.15) is 0 Å². The zero-order valence-corrected chi connectivity index (χ0v) is 13.5. The van der Waals surface area contributed by atoms with E-state index in [9.17, 15) is 0 Å². The molecule has 0 saturated carbocycles. The van der Waals surface area contributed by atoms with Gasteiger partial charge in [0.25, 0.3) is 0 Å². The Balaban J connectivity index is 1.77. The van der Waals surface area contributed by atoms with Gasteiger partial charge in [-0.15, -0.1) is 0 Å². The molecule has 0 amide bonds. The first-order chi connectivity index (χ1) is 9.93. The van der Waals surface area contributed by atoms with Crippen LogP contribution < -0.4 is 0 Å². The minimum atomic E-state index is 0.906. The number of allylic oxidation sites excluding steroid dienone is 3. The van der Waals surface area contributed by atoms with Gasteiger partial charge in [-0.05, 0) is 31.3 Å². The van der Waals surface area contributed by atoms with E-state index in [1.165, 1.54) is 82.6 Å². The van der Waals surface area contributed by atoms with Gasteiger partial charge in [0, 0.05) is 0 Å². The fraction of sp³-hybridized carbons (Fsp3) is 0.789. The van der Waals surface area contributed by atoms with Crippen molar-refractivity contribution in [1.82, 2.24) is 0 Å². The lowest BCUT2D eigenvalue weighted by Crippen LogP contribution is -1.93. The summed E-state index contributed by atoms with van der Waals surface area (Å²) in [5.74, 6) is 0. The first kappa shape index (κ1) is 17.3. The standard InChI is InChI=1S/C19H34O/c1-2-3-4-5-6-7-8-9-10-14-17-20-18-19-15-12-11-13-16-19/h11-12,18H,2-10,13-17H2,1H3/b19-18-. The summed E-state index contributed by atoms with van der Waals surface area (Å²) in [7, 11) is 0. The molecule has 0 aromatic rings. The molecule has 0 aliphatic heterocycles. The minimum absolute atomic E-state index is 0.906. The van der Waals surface area contributed by atoms with Gasteiger partial charge in [-0.1, -0.05) is 76.9 Å². The van der Waals surface area contributed by atoms with Crippen molar-refractivity contribution in [2.24, 2.45) is 0 Å². The van der Waals surface area contributed by atoms with Crippen LogP contribution in [0.1, 0.15) is 90.4 Å². The van der Waals surface area contributed by atoms with Crippen molar-refractivity contribution in [1.29, 1.82) is 0 Å². The molecule has 1 aliphatic rings. The number of unbranched alkanes of at least 4 members (excludes halogenated alkanes) is 9. The average molecular weight is 278 g/mol. The van der Waals surface area contributed by atoms with Crippen LogP contribution in [0.25, 0.3) is 0 Å². The molecule has 1 rings (SSSR count). The van der Waals surface area contributed by atoms with E-state index in [-0.39, 0.29) is 0 Å². The highest BCUT2D eigenvalue weighted by molar-refractivity contribution is 5.10. The van der Waals surface area contributed by atoms with Gasteiger partial charge in [0.05, 0.1) is 12.9 Å². The maximum absolute atomic E-state index is 5.65. The maximum Gasteiger partial charge on any atom is 0.0873 e. The quantitative estimate of drug-likeness (QED) is 0.223. The molecule has 1 aliphatic carbocycles. The van der Waals surface area contributed by atoms with E-state index in [1.807, 2.05) is 6.26 Å². The normalized spacial score (nSPS) is 16.8. The predicted molar refractivity (Wildman–Crippen MR) is 88.9 cm³/mol. The molecule has 0 spiro atoms. The molecular formula is C19H34O. The maximum atomic E-state index is 5.65. The van der Waals surface area contributed by atoms with E-state index in [1.54, 1.807) is 0 Å². The van der Waals surface area contributed by atoms with Crippen molar-refractivity contribution in [2.45, 2.75) is 90.4 Å². The van der Waals surface area contributed by atoms with E-state index in [2.05, 4.69) is 19.1 Å². The molecule has 0 N–H and O–H groups in total. The van der Waals surface area contributed by atoms with Gasteiger partial charge in [0.1, 0.15) is 0 Å². The van der Waals surface area contributed by atoms with Crippen molar-refractivity contribution in [3.05, 3.63) is 24.0 Å². The summed E-state index contributed by atoms with van der Waals surface area (Å²) in [5.41, 5.74) is 1.46. The van der Waals surface area contributed by atoms with Crippen LogP contribution >= 0.6 is 0 Å². The molecule has 0 aromatic heterocycles. The number of ether oxygens (including phenoxy) is 1. The summed E-state index contributed by atoms with van der Waals surface area (Å²) in [6.45, 7) is 3.19. The van der Waals surface area contributed by atoms with Gasteiger partial charge in [0.15, 0.2) is 0 Å². The van der Waals surface area contributed by atoms with Crippen LogP contribution in [0.4, 0.5) is 0 Å². The van der Waals surface area contributed by atoms with Crippen LogP contribution in [-0.4, -0.2) is 6.61 Å². The summed E-state index contributed by atoms with van der Waals surface area (Å²) >= 11 is 0. The van der Waals surface area contributed by atoms with E-state index >= 15 is 0 Å². The second-order valence-electron chi connectivity index (χ2n) is 6.04. The lowest BCUT2D eigenvalue weighted by atomic mass is 10.0. The molecule has 0 bridgehead atoms. The van der Waals surface area contributed by atoms with E-state index in [0.29, 0.717) is 0 Å². The summed E-state index contributed by atoms with van der Waals surface area (Å²) < 4.78 is 5.65. The Hall–Kier alpha value is -0.720. The van der Waals surface area contributed by atoms with Crippen LogP contribution in [0.3, 0.4) is 0 Å². The van der Waals surface area contributed by atoms with Crippen molar-refractivity contribution in [2.75, 3.05) is 6.61 Å². The van der Waals surface area contributed by atoms with Crippen molar-refractivity contribution < 1.29 is 4.74 Å². The topological polar surface area (TPSA) is 9.23 Å². The fourth-order valence-electron chi connectivity index (χ4n) is 2.68. The molecule has 0 atom stereocenters. The van der Waals surface area contributed by atoms with Gasteiger partial charge in [-0.3, -0.25) is 0 Å². The Morgan fingerprint density at radius 2 is 1.55 bits per heavy atom. The molecule has 20 heavy (non-hydrogen) atoms. The number of hydrogen-bond acceptors (Lipinski definition) is 1. The van der Waals surface area contributed by atoms with Gasteiger partial charge in [0.2, 0.25) is 0 Å². The highest BCUT2D eigenvalue weighted by Crippen LogP contribution is 2.17. The Bertz CT molecular complexity index is 265. The van der Waals surface area contributed by atoms with Crippen molar-refractivity contribution >= 4 is 0 Å². The smallest absolute Gasteiger partial charge is 0.0873 e. The molecule has 0 unspecified atom stereocenters.